The summed E-state index contributed by atoms with van der Waals surface area (Å²) in [5.74, 6) is -4.65. The Morgan fingerprint density at radius 3 is 2.52 bits per heavy atom. The molecule has 1 aromatic heterocycles. The highest BCUT2D eigenvalue weighted by Gasteiger charge is 2.42. The maximum Gasteiger partial charge on any atom is 0.282 e. The number of amides is 3. The monoisotopic (exact) mass is 452 g/mol. The summed E-state index contributed by atoms with van der Waals surface area (Å²) in [6, 6.07) is 11.1. The molecule has 33 heavy (non-hydrogen) atoms. The van der Waals surface area contributed by atoms with E-state index in [9.17, 15) is 33.3 Å². The summed E-state index contributed by atoms with van der Waals surface area (Å²) in [6.07, 6.45) is 1.46. The van der Waals surface area contributed by atoms with Crippen LogP contribution in [0.1, 0.15) is 26.4 Å². The van der Waals surface area contributed by atoms with Gasteiger partial charge < -0.3 is 4.90 Å². The van der Waals surface area contributed by atoms with Gasteiger partial charge in [-0.05, 0) is 30.3 Å². The van der Waals surface area contributed by atoms with E-state index in [0.717, 1.165) is 23.1 Å². The van der Waals surface area contributed by atoms with Crippen LogP contribution in [-0.2, 0) is 11.3 Å². The van der Waals surface area contributed by atoms with Gasteiger partial charge in [0, 0.05) is 18.3 Å². The standard InChI is InChI=1S/C22H14F2N4O5/c23-13-7-8-17(16(24)10-13)26(11-14-4-1-2-9-25-14)19(29)12-27-21(30)15-5-3-6-18(28(32)33)20(15)22(27)31/h1-10H,11-12H2. The number of carbonyl (C=O) groups is 3. The summed E-state index contributed by atoms with van der Waals surface area (Å²) in [4.78, 5) is 54.7. The molecular formula is C22H14F2N4O5. The largest absolute Gasteiger partial charge is 0.302 e. The zero-order valence-corrected chi connectivity index (χ0v) is 16.8. The van der Waals surface area contributed by atoms with Crippen LogP contribution in [0.4, 0.5) is 20.2 Å². The Kier molecular flexibility index (Phi) is 5.61. The highest BCUT2D eigenvalue weighted by Crippen LogP contribution is 2.31. The second-order valence-electron chi connectivity index (χ2n) is 7.05. The van der Waals surface area contributed by atoms with Crippen molar-refractivity contribution in [3.63, 3.8) is 0 Å². The summed E-state index contributed by atoms with van der Waals surface area (Å²) in [5.41, 5.74) is -1.09. The summed E-state index contributed by atoms with van der Waals surface area (Å²) in [6.45, 7) is -1.04. The second kappa shape index (κ2) is 8.54. The molecule has 1 aliphatic heterocycles. The molecule has 2 aromatic carbocycles. The first-order valence-electron chi connectivity index (χ1n) is 9.57. The van der Waals surface area contributed by atoms with Crippen molar-refractivity contribution in [2.75, 3.05) is 11.4 Å². The molecule has 11 heteroatoms. The molecule has 0 aliphatic carbocycles. The average Bonchev–Trinajstić information content (AvgIpc) is 3.03. The number of nitrogens with zero attached hydrogens (tertiary/aromatic N) is 4. The lowest BCUT2D eigenvalue weighted by atomic mass is 10.1. The van der Waals surface area contributed by atoms with Crippen molar-refractivity contribution < 1.29 is 28.1 Å². The van der Waals surface area contributed by atoms with Crippen molar-refractivity contribution >= 4 is 29.1 Å². The Hall–Kier alpha value is -4.54. The molecule has 3 aromatic rings. The predicted octanol–water partition coefficient (Wildman–Crippen LogP) is 3.10. The number of hydrogen-bond donors (Lipinski definition) is 0. The van der Waals surface area contributed by atoms with Crippen LogP contribution < -0.4 is 4.90 Å². The van der Waals surface area contributed by atoms with Crippen LogP contribution in [0.5, 0.6) is 0 Å². The highest BCUT2D eigenvalue weighted by molar-refractivity contribution is 6.24. The molecule has 0 bridgehead atoms. The number of anilines is 1. The van der Waals surface area contributed by atoms with Crippen LogP contribution >= 0.6 is 0 Å². The molecule has 4 rings (SSSR count). The molecule has 0 spiro atoms. The lowest BCUT2D eigenvalue weighted by Crippen LogP contribution is -2.43. The van der Waals surface area contributed by atoms with Gasteiger partial charge in [-0.15, -0.1) is 0 Å². The Balaban J connectivity index is 1.67. The number of rotatable bonds is 6. The van der Waals surface area contributed by atoms with E-state index in [0.29, 0.717) is 16.7 Å². The van der Waals surface area contributed by atoms with Gasteiger partial charge in [0.25, 0.3) is 17.5 Å². The van der Waals surface area contributed by atoms with Crippen LogP contribution in [0.3, 0.4) is 0 Å². The first-order valence-corrected chi connectivity index (χ1v) is 9.57. The quantitative estimate of drug-likeness (QED) is 0.323. The zero-order chi connectivity index (χ0) is 23.7. The van der Waals surface area contributed by atoms with Crippen molar-refractivity contribution in [2.24, 2.45) is 0 Å². The van der Waals surface area contributed by atoms with Gasteiger partial charge in [0.2, 0.25) is 5.91 Å². The molecule has 0 radical (unpaired) electrons. The van der Waals surface area contributed by atoms with E-state index >= 15 is 0 Å². The normalized spacial score (nSPS) is 12.6. The molecular weight excluding hydrogens is 438 g/mol. The average molecular weight is 452 g/mol. The number of pyridine rings is 1. The number of nitro groups is 1. The third kappa shape index (κ3) is 4.03. The van der Waals surface area contributed by atoms with Gasteiger partial charge in [-0.2, -0.15) is 0 Å². The summed E-state index contributed by atoms with van der Waals surface area (Å²) >= 11 is 0. The summed E-state index contributed by atoms with van der Waals surface area (Å²) in [7, 11) is 0. The predicted molar refractivity (Wildman–Crippen MR) is 110 cm³/mol. The third-order valence-electron chi connectivity index (χ3n) is 5.01. The summed E-state index contributed by atoms with van der Waals surface area (Å²) in [5, 5.41) is 11.3. The number of aromatic nitrogens is 1. The van der Waals surface area contributed by atoms with Crippen molar-refractivity contribution in [3.8, 4) is 0 Å². The molecule has 0 saturated heterocycles. The van der Waals surface area contributed by atoms with E-state index in [1.54, 1.807) is 18.2 Å². The van der Waals surface area contributed by atoms with Crippen molar-refractivity contribution in [1.29, 1.82) is 0 Å². The van der Waals surface area contributed by atoms with Crippen LogP contribution in [0.2, 0.25) is 0 Å². The van der Waals surface area contributed by atoms with E-state index in [4.69, 9.17) is 0 Å². The van der Waals surface area contributed by atoms with Gasteiger partial charge in [-0.25, -0.2) is 8.78 Å². The minimum atomic E-state index is -1.03. The topological polar surface area (TPSA) is 114 Å². The van der Waals surface area contributed by atoms with Crippen LogP contribution in [0.25, 0.3) is 0 Å². The second-order valence-corrected chi connectivity index (χ2v) is 7.05. The molecule has 2 heterocycles. The molecule has 0 fully saturated rings. The zero-order valence-electron chi connectivity index (χ0n) is 16.8. The number of fused-ring (bicyclic) bond motifs is 1. The number of carbonyl (C=O) groups excluding carboxylic acids is 3. The Labute approximate surface area is 185 Å². The maximum atomic E-state index is 14.5. The lowest BCUT2D eigenvalue weighted by molar-refractivity contribution is -0.385. The lowest BCUT2D eigenvalue weighted by Gasteiger charge is -2.25. The molecule has 0 unspecified atom stereocenters. The molecule has 0 atom stereocenters. The van der Waals surface area contributed by atoms with Gasteiger partial charge >= 0.3 is 0 Å². The minimum absolute atomic E-state index is 0.203. The maximum absolute atomic E-state index is 14.5. The first-order chi connectivity index (χ1) is 15.8. The van der Waals surface area contributed by atoms with Gasteiger partial charge in [-0.3, -0.25) is 34.4 Å². The number of nitro benzene ring substituents is 1. The van der Waals surface area contributed by atoms with Gasteiger partial charge in [-0.1, -0.05) is 12.1 Å². The molecule has 9 nitrogen and oxygen atoms in total. The van der Waals surface area contributed by atoms with E-state index in [1.165, 1.54) is 18.3 Å². The molecule has 0 N–H and O–H groups in total. The van der Waals surface area contributed by atoms with Gasteiger partial charge in [0.15, 0.2) is 0 Å². The van der Waals surface area contributed by atoms with E-state index in [1.807, 2.05) is 0 Å². The Morgan fingerprint density at radius 1 is 1.06 bits per heavy atom. The number of hydrogen-bond acceptors (Lipinski definition) is 6. The molecule has 1 aliphatic rings. The molecule has 0 saturated carbocycles. The number of imide groups is 1. The SMILES string of the molecule is O=C1c2cccc([N+](=O)[O-])c2C(=O)N1CC(=O)N(Cc1ccccn1)c1ccc(F)cc1F. The fraction of sp³-hybridized carbons (Fsp3) is 0.0909. The van der Waals surface area contributed by atoms with Crippen molar-refractivity contribution in [1.82, 2.24) is 9.88 Å². The highest BCUT2D eigenvalue weighted by atomic mass is 19.1. The van der Waals surface area contributed by atoms with Gasteiger partial charge in [0.05, 0.1) is 28.4 Å². The van der Waals surface area contributed by atoms with Crippen molar-refractivity contribution in [3.05, 3.63) is 99.4 Å². The third-order valence-corrected chi connectivity index (χ3v) is 5.01. The Bertz CT molecular complexity index is 1300. The fourth-order valence-corrected chi connectivity index (χ4v) is 3.49. The molecule has 3 amide bonds. The van der Waals surface area contributed by atoms with Crippen molar-refractivity contribution in [2.45, 2.75) is 6.54 Å². The van der Waals surface area contributed by atoms with Gasteiger partial charge in [0.1, 0.15) is 23.7 Å². The minimum Gasteiger partial charge on any atom is -0.302 e. The summed E-state index contributed by atoms with van der Waals surface area (Å²) < 4.78 is 27.9. The van der Waals surface area contributed by atoms with E-state index < -0.39 is 52.1 Å². The smallest absolute Gasteiger partial charge is 0.282 e. The fourth-order valence-electron chi connectivity index (χ4n) is 3.49. The Morgan fingerprint density at radius 2 is 1.85 bits per heavy atom. The number of benzene rings is 2. The van der Waals surface area contributed by atoms with E-state index in [2.05, 4.69) is 4.98 Å². The van der Waals surface area contributed by atoms with E-state index in [-0.39, 0.29) is 17.8 Å². The van der Waals surface area contributed by atoms with Crippen LogP contribution in [-0.4, -0.2) is 39.1 Å². The van der Waals surface area contributed by atoms with Crippen LogP contribution in [0.15, 0.2) is 60.8 Å². The molecule has 166 valence electrons. The number of halogens is 2. The van der Waals surface area contributed by atoms with Crippen LogP contribution in [0, 0.1) is 21.7 Å². The first kappa shape index (κ1) is 21.7.